The number of rotatable bonds is 9. The molecule has 6 aromatic rings. The van der Waals surface area contributed by atoms with E-state index in [2.05, 4.69) is 66.3 Å². The van der Waals surface area contributed by atoms with Gasteiger partial charge in [-0.2, -0.15) is 0 Å². The van der Waals surface area contributed by atoms with Gasteiger partial charge in [0.1, 0.15) is 72.9 Å². The second kappa shape index (κ2) is 27.2. The molecule has 3 amide bonds. The number of fused-ring (bicyclic) bond motifs is 3. The second-order valence-electron chi connectivity index (χ2n) is 25.9. The lowest BCUT2D eigenvalue weighted by molar-refractivity contribution is -0.143. The largest absolute Gasteiger partial charge is 0.481 e. The van der Waals surface area contributed by atoms with E-state index in [-0.39, 0.29) is 132 Å². The van der Waals surface area contributed by atoms with Crippen molar-refractivity contribution in [3.8, 4) is 17.6 Å². The number of benzene rings is 3. The van der Waals surface area contributed by atoms with Crippen LogP contribution in [0.2, 0.25) is 0 Å². The summed E-state index contributed by atoms with van der Waals surface area (Å²) in [5.41, 5.74) is 24.7. The number of carbonyl (C=O) groups excluding carboxylic acids is 4. The Hall–Kier alpha value is -9.48. The Kier molecular flexibility index (Phi) is 19.5. The van der Waals surface area contributed by atoms with Crippen molar-refractivity contribution < 1.29 is 57.9 Å². The van der Waals surface area contributed by atoms with Crippen molar-refractivity contribution in [3.63, 3.8) is 0 Å². The number of ether oxygens (including phenoxy) is 4. The molecule has 3 atom stereocenters. The number of nitrogens with zero attached hydrogens (tertiary/aromatic N) is 9. The monoisotopic (exact) mass is 1290 g/mol. The first kappa shape index (κ1) is 67.4. The van der Waals surface area contributed by atoms with E-state index < -0.39 is 11.9 Å². The maximum absolute atomic E-state index is 13.1. The zero-order valence-electron chi connectivity index (χ0n) is 50.7. The van der Waals surface area contributed by atoms with Gasteiger partial charge in [-0.25, -0.2) is 29.9 Å². The fourth-order valence-corrected chi connectivity index (χ4v) is 15.5. The van der Waals surface area contributed by atoms with E-state index in [1.165, 1.54) is 42.8 Å². The number of methoxy groups -OCH3 is 1. The first-order valence-electron chi connectivity index (χ1n) is 31.5. The summed E-state index contributed by atoms with van der Waals surface area (Å²) in [5.74, 6) is 0.0886. The molecule has 6 fully saturated rings. The summed E-state index contributed by atoms with van der Waals surface area (Å²) < 4.78 is 21.7. The van der Waals surface area contributed by atoms with Crippen molar-refractivity contribution in [2.24, 2.45) is 34.0 Å². The highest BCUT2D eigenvalue weighted by atomic mass is 16.5. The molecule has 3 aromatic carbocycles. The molecule has 24 nitrogen and oxygen atoms in total. The summed E-state index contributed by atoms with van der Waals surface area (Å²) in [7, 11) is 1.47. The van der Waals surface area contributed by atoms with Gasteiger partial charge in [-0.05, 0) is 183 Å². The van der Waals surface area contributed by atoms with Gasteiger partial charge in [-0.15, -0.1) is 0 Å². The third-order valence-electron chi connectivity index (χ3n) is 21.2. The number of nitrogens with two attached hydrogens (primary N) is 3. The van der Waals surface area contributed by atoms with Crippen LogP contribution in [0.1, 0.15) is 184 Å². The average molecular weight is 1290 g/mol. The van der Waals surface area contributed by atoms with Crippen LogP contribution in [0.3, 0.4) is 0 Å². The molecule has 3 unspecified atom stereocenters. The molecule has 3 aromatic heterocycles. The minimum atomic E-state index is -0.642. The molecule has 498 valence electrons. The first-order valence-corrected chi connectivity index (χ1v) is 31.5. The molecule has 3 spiro atoms. The van der Waals surface area contributed by atoms with Crippen LogP contribution in [0.4, 0.5) is 34.5 Å². The van der Waals surface area contributed by atoms with Crippen molar-refractivity contribution in [3.05, 3.63) is 125 Å². The van der Waals surface area contributed by atoms with Crippen LogP contribution in [0.15, 0.2) is 91.8 Å². The van der Waals surface area contributed by atoms with E-state index in [1.807, 2.05) is 36.4 Å². The highest BCUT2D eigenvalue weighted by molar-refractivity contribution is 6.12. The molecular weight excluding hydrogens is 1200 g/mol. The molecule has 8 N–H and O–H groups in total. The van der Waals surface area contributed by atoms with Gasteiger partial charge in [0.05, 0.1) is 44.5 Å². The Bertz CT molecular complexity index is 3630. The van der Waals surface area contributed by atoms with E-state index in [9.17, 15) is 39.0 Å². The van der Waals surface area contributed by atoms with Crippen molar-refractivity contribution in [1.82, 2.24) is 29.9 Å². The van der Waals surface area contributed by atoms with Crippen LogP contribution in [0.25, 0.3) is 0 Å². The number of carboxylic acids is 2. The second-order valence-corrected chi connectivity index (χ2v) is 25.9. The van der Waals surface area contributed by atoms with Crippen molar-refractivity contribution >= 4 is 70.1 Å². The Morgan fingerprint density at radius 2 is 0.713 bits per heavy atom. The van der Waals surface area contributed by atoms with Gasteiger partial charge in [-0.3, -0.25) is 28.8 Å². The number of aromatic nitrogens is 6. The van der Waals surface area contributed by atoms with Crippen molar-refractivity contribution in [1.29, 1.82) is 0 Å². The molecule has 3 aliphatic heterocycles. The van der Waals surface area contributed by atoms with Crippen LogP contribution in [0.5, 0.6) is 17.6 Å². The zero-order chi connectivity index (χ0) is 63.3. The topological polar surface area (TPSA) is 345 Å². The minimum absolute atomic E-state index is 0. The lowest BCUT2D eigenvalue weighted by atomic mass is 9.76. The van der Waals surface area contributed by atoms with Gasteiger partial charge in [0.25, 0.3) is 17.7 Å². The number of carbonyl (C=O) groups is 6. The number of nitrogen functional groups attached to an aromatic ring is 3. The summed E-state index contributed by atoms with van der Waals surface area (Å²) in [6.45, 7) is 2.20. The third kappa shape index (κ3) is 13.0. The zero-order valence-corrected chi connectivity index (χ0v) is 50.7. The summed E-state index contributed by atoms with van der Waals surface area (Å²) in [6, 6.07) is 24.3. The van der Waals surface area contributed by atoms with Gasteiger partial charge in [0.15, 0.2) is 0 Å². The number of hydrogen-bond acceptors (Lipinski definition) is 19. The molecule has 24 heteroatoms. The molecule has 9 aliphatic rings. The molecular formula is C70H86N12O12. The van der Waals surface area contributed by atoms with Gasteiger partial charge in [0, 0.05) is 17.1 Å². The lowest BCUT2D eigenvalue weighted by Crippen LogP contribution is -2.32. The van der Waals surface area contributed by atoms with Crippen molar-refractivity contribution in [2.75, 3.05) is 78.5 Å². The maximum Gasteiger partial charge on any atom is 0.309 e. The SMILES string of the molecule is C.C.C.COC(=O)C1CC12CCC(c1ccc(N3CCOc4ncnc(N)c4C3=O)cc1)CC2.Nc1ncnc2c1C(=O)N(c1ccc(C3CCC4(CC3)CC4C(=O)O)cc1)CCO2.Nc1ncnc2c1C(=O)N(c1ccc(C3CCC4(CC3)CC4C(=O)O)cc1)CCO2. The Morgan fingerprint density at radius 1 is 0.447 bits per heavy atom. The van der Waals surface area contributed by atoms with E-state index in [0.717, 1.165) is 113 Å². The molecule has 6 saturated carbocycles. The highest BCUT2D eigenvalue weighted by Gasteiger charge is 2.61. The smallest absolute Gasteiger partial charge is 0.309 e. The van der Waals surface area contributed by atoms with Gasteiger partial charge in [-0.1, -0.05) is 58.7 Å². The molecule has 6 aliphatic carbocycles. The molecule has 0 radical (unpaired) electrons. The average Bonchev–Trinajstić information content (AvgIpc) is 1.60. The van der Waals surface area contributed by atoms with Gasteiger partial charge in [0.2, 0.25) is 17.6 Å². The summed E-state index contributed by atoms with van der Waals surface area (Å²) >= 11 is 0. The maximum atomic E-state index is 13.1. The fourth-order valence-electron chi connectivity index (χ4n) is 15.5. The number of carboxylic acid groups (broad SMARTS) is 2. The summed E-state index contributed by atoms with van der Waals surface area (Å²) in [6.07, 6.45) is 18.8. The molecule has 0 saturated heterocycles. The molecule has 15 rings (SSSR count). The first-order chi connectivity index (χ1) is 44.0. The predicted octanol–water partition coefficient (Wildman–Crippen LogP) is 10.5. The van der Waals surface area contributed by atoms with E-state index in [4.69, 9.17) is 36.1 Å². The minimum Gasteiger partial charge on any atom is -0.481 e. The number of aliphatic carboxylic acids is 2. The van der Waals surface area contributed by atoms with Crippen molar-refractivity contribution in [2.45, 2.75) is 136 Å². The summed E-state index contributed by atoms with van der Waals surface area (Å²) in [5, 5.41) is 18.5. The fraction of sp³-hybridized carbons (Fsp3) is 0.486. The Morgan fingerprint density at radius 3 is 0.968 bits per heavy atom. The molecule has 94 heavy (non-hydrogen) atoms. The quantitative estimate of drug-likeness (QED) is 0.0840. The van der Waals surface area contributed by atoms with E-state index in [0.29, 0.717) is 57.2 Å². The predicted molar refractivity (Wildman–Crippen MR) is 353 cm³/mol. The third-order valence-corrected chi connectivity index (χ3v) is 21.2. The van der Waals surface area contributed by atoms with Crippen LogP contribution in [-0.4, -0.2) is 122 Å². The van der Waals surface area contributed by atoms with Gasteiger partial charge < -0.3 is 61.1 Å². The van der Waals surface area contributed by atoms with Gasteiger partial charge >= 0.3 is 17.9 Å². The molecule has 0 bridgehead atoms. The summed E-state index contributed by atoms with van der Waals surface area (Å²) in [4.78, 5) is 102. The number of hydrogen-bond donors (Lipinski definition) is 5. The number of anilines is 6. The normalized spacial score (nSPS) is 26.8. The van der Waals surface area contributed by atoms with E-state index >= 15 is 0 Å². The van der Waals surface area contributed by atoms with Crippen LogP contribution < -0.4 is 46.1 Å². The van der Waals surface area contributed by atoms with E-state index in [1.54, 1.807) is 14.7 Å². The standard InChI is InChI=1S/C23H26N4O4.2C22H24N4O4.3CH4/c1-30-22(29)17-12-23(17)8-6-15(7-9-23)14-2-4-16(5-3-14)27-10-11-31-20-18(21(27)28)19(24)25-13-26-20;2*23-18-17-19(25-12-24-18)30-10-9-26(20(17)27)15-3-1-13(2-4-15)14-5-7-22(8-6-14)11-16(22)21(28)29;;;/h2-5,13,15,17H,6-12H2,1H3,(H2,24,25,26);2*1-4,12,14,16H,5-11H2,(H,28,29)(H2,23,24,25);3*1H4. The van der Waals surface area contributed by atoms with Crippen LogP contribution >= 0.6 is 0 Å². The Balaban J connectivity index is 0.000000152. The lowest BCUT2D eigenvalue weighted by Gasteiger charge is -2.30. The molecule has 6 heterocycles. The van der Waals surface area contributed by atoms with Crippen LogP contribution in [0, 0.1) is 34.0 Å². The Labute approximate surface area is 547 Å². The number of amides is 3. The van der Waals surface area contributed by atoms with Crippen LogP contribution in [-0.2, 0) is 19.1 Å². The highest BCUT2D eigenvalue weighted by Crippen LogP contribution is 2.65. The number of esters is 1.